The number of aryl methyl sites for hydroxylation is 1. The molecule has 0 saturated carbocycles. The minimum Gasteiger partial charge on any atom is -0.288 e. The molecule has 0 fully saturated rings. The van der Waals surface area contributed by atoms with Crippen LogP contribution in [0.2, 0.25) is 0 Å². The van der Waals surface area contributed by atoms with Crippen LogP contribution in [0.5, 0.6) is 0 Å². The Balaban J connectivity index is 2.07. The van der Waals surface area contributed by atoms with Crippen LogP contribution in [0.3, 0.4) is 0 Å². The van der Waals surface area contributed by atoms with Crippen molar-refractivity contribution in [1.29, 1.82) is 0 Å². The van der Waals surface area contributed by atoms with Gasteiger partial charge in [0.25, 0.3) is 11.3 Å². The molecule has 0 spiro atoms. The SMILES string of the molecule is Cc1ccc(Cc2nn3c(=S)[nH]nc3[nH]c2=O)cc1. The zero-order chi connectivity index (χ0) is 13.4. The molecule has 7 heteroatoms. The van der Waals surface area contributed by atoms with Gasteiger partial charge < -0.3 is 0 Å². The molecule has 2 aromatic heterocycles. The normalized spacial score (nSPS) is 11.0. The Morgan fingerprint density at radius 1 is 1.32 bits per heavy atom. The fourth-order valence-electron chi connectivity index (χ4n) is 1.82. The largest absolute Gasteiger partial charge is 0.288 e. The van der Waals surface area contributed by atoms with Gasteiger partial charge in [-0.15, -0.1) is 5.10 Å². The maximum absolute atomic E-state index is 11.9. The van der Waals surface area contributed by atoms with E-state index in [1.54, 1.807) is 0 Å². The summed E-state index contributed by atoms with van der Waals surface area (Å²) in [6.07, 6.45) is 0.457. The molecule has 3 rings (SSSR count). The average molecular weight is 273 g/mol. The van der Waals surface area contributed by atoms with E-state index in [2.05, 4.69) is 20.3 Å². The monoisotopic (exact) mass is 273 g/mol. The first-order valence-corrected chi connectivity index (χ1v) is 6.16. The molecule has 0 atom stereocenters. The van der Waals surface area contributed by atoms with Crippen LogP contribution in [0.1, 0.15) is 16.8 Å². The predicted octanol–water partition coefficient (Wildman–Crippen LogP) is 1.37. The molecule has 6 nitrogen and oxygen atoms in total. The molecule has 1 aromatic carbocycles. The lowest BCUT2D eigenvalue weighted by molar-refractivity contribution is 0.815. The molecular weight excluding hydrogens is 262 g/mol. The van der Waals surface area contributed by atoms with Gasteiger partial charge in [0.1, 0.15) is 5.69 Å². The van der Waals surface area contributed by atoms with Crippen LogP contribution in [0.15, 0.2) is 29.1 Å². The number of nitrogens with one attached hydrogen (secondary N) is 2. The van der Waals surface area contributed by atoms with Crippen LogP contribution in [-0.2, 0) is 6.42 Å². The Bertz CT molecular complexity index is 843. The van der Waals surface area contributed by atoms with Gasteiger partial charge in [-0.2, -0.15) is 9.61 Å². The average Bonchev–Trinajstić information content (AvgIpc) is 2.74. The fraction of sp³-hybridized carbons (Fsp3) is 0.167. The Labute approximate surface area is 113 Å². The first-order valence-electron chi connectivity index (χ1n) is 5.75. The van der Waals surface area contributed by atoms with Gasteiger partial charge in [0, 0.05) is 6.42 Å². The van der Waals surface area contributed by atoms with E-state index in [0.29, 0.717) is 22.7 Å². The van der Waals surface area contributed by atoms with Crippen molar-refractivity contribution >= 4 is 18.0 Å². The van der Waals surface area contributed by atoms with E-state index in [-0.39, 0.29) is 5.56 Å². The van der Waals surface area contributed by atoms with Gasteiger partial charge in [-0.1, -0.05) is 29.8 Å². The van der Waals surface area contributed by atoms with Gasteiger partial charge in [-0.25, -0.2) is 5.10 Å². The summed E-state index contributed by atoms with van der Waals surface area (Å²) in [5.74, 6) is 0.322. The smallest absolute Gasteiger partial charge is 0.274 e. The lowest BCUT2D eigenvalue weighted by Crippen LogP contribution is -2.18. The van der Waals surface area contributed by atoms with Crippen LogP contribution in [0.4, 0.5) is 0 Å². The van der Waals surface area contributed by atoms with Gasteiger partial charge in [0.2, 0.25) is 4.77 Å². The van der Waals surface area contributed by atoms with Crippen molar-refractivity contribution in [2.75, 3.05) is 0 Å². The van der Waals surface area contributed by atoms with Crippen molar-refractivity contribution < 1.29 is 0 Å². The number of rotatable bonds is 2. The molecule has 19 heavy (non-hydrogen) atoms. The zero-order valence-electron chi connectivity index (χ0n) is 10.2. The summed E-state index contributed by atoms with van der Waals surface area (Å²) in [6, 6.07) is 7.97. The van der Waals surface area contributed by atoms with E-state index in [9.17, 15) is 4.79 Å². The number of benzene rings is 1. The Kier molecular flexibility index (Phi) is 2.75. The maximum atomic E-state index is 11.9. The summed E-state index contributed by atoms with van der Waals surface area (Å²) in [7, 11) is 0. The molecular formula is C12H11N5OS. The van der Waals surface area contributed by atoms with E-state index in [0.717, 1.165) is 5.56 Å². The van der Waals surface area contributed by atoms with Crippen molar-refractivity contribution in [2.45, 2.75) is 13.3 Å². The number of hydrogen-bond donors (Lipinski definition) is 2. The highest BCUT2D eigenvalue weighted by Gasteiger charge is 2.07. The third kappa shape index (κ3) is 2.19. The second-order valence-corrected chi connectivity index (χ2v) is 4.71. The first kappa shape index (κ1) is 11.8. The van der Waals surface area contributed by atoms with Gasteiger partial charge in [-0.05, 0) is 24.7 Å². The lowest BCUT2D eigenvalue weighted by Gasteiger charge is -2.01. The van der Waals surface area contributed by atoms with E-state index in [4.69, 9.17) is 12.2 Å². The topological polar surface area (TPSA) is 78.8 Å². The fourth-order valence-corrected chi connectivity index (χ4v) is 1.99. The number of hydrogen-bond acceptors (Lipinski definition) is 4. The predicted molar refractivity (Wildman–Crippen MR) is 72.8 cm³/mol. The van der Waals surface area contributed by atoms with E-state index >= 15 is 0 Å². The highest BCUT2D eigenvalue weighted by Crippen LogP contribution is 2.06. The van der Waals surface area contributed by atoms with Crippen molar-refractivity contribution in [3.63, 3.8) is 0 Å². The zero-order valence-corrected chi connectivity index (χ0v) is 11.0. The molecule has 0 radical (unpaired) electrons. The number of aromatic nitrogens is 5. The van der Waals surface area contributed by atoms with Crippen molar-refractivity contribution in [2.24, 2.45) is 0 Å². The highest BCUT2D eigenvalue weighted by molar-refractivity contribution is 7.71. The Hall–Kier alpha value is -2.28. The van der Waals surface area contributed by atoms with Crippen LogP contribution in [0.25, 0.3) is 5.78 Å². The second kappa shape index (κ2) is 4.43. The molecule has 0 aliphatic heterocycles. The second-order valence-electron chi connectivity index (χ2n) is 4.33. The quantitative estimate of drug-likeness (QED) is 0.691. The lowest BCUT2D eigenvalue weighted by atomic mass is 10.1. The van der Waals surface area contributed by atoms with E-state index < -0.39 is 0 Å². The molecule has 0 amide bonds. The summed E-state index contributed by atoms with van der Waals surface area (Å²) in [5.41, 5.74) is 2.37. The van der Waals surface area contributed by atoms with Crippen LogP contribution in [-0.4, -0.2) is 24.8 Å². The Morgan fingerprint density at radius 2 is 2.05 bits per heavy atom. The van der Waals surface area contributed by atoms with Crippen LogP contribution < -0.4 is 5.56 Å². The van der Waals surface area contributed by atoms with E-state index in [1.807, 2.05) is 31.2 Å². The minimum absolute atomic E-state index is 0.248. The highest BCUT2D eigenvalue weighted by atomic mass is 32.1. The summed E-state index contributed by atoms with van der Waals surface area (Å²) in [6.45, 7) is 2.02. The third-order valence-electron chi connectivity index (χ3n) is 2.85. The van der Waals surface area contributed by atoms with Crippen molar-refractivity contribution in [3.05, 3.63) is 56.2 Å². The molecule has 2 N–H and O–H groups in total. The first-order chi connectivity index (χ1) is 9.13. The molecule has 0 unspecified atom stereocenters. The number of H-pyrrole nitrogens is 2. The molecule has 0 aliphatic carbocycles. The van der Waals surface area contributed by atoms with Gasteiger partial charge >= 0.3 is 0 Å². The molecule has 0 saturated heterocycles. The molecule has 0 bridgehead atoms. The molecule has 3 aromatic rings. The standard InChI is InChI=1S/C12H11N5OS/c1-7-2-4-8(5-3-7)6-9-10(18)13-11-14-15-12(19)17(11)16-9/h2-5H,6H2,1H3,(H,15,19)(H,13,14,18). The summed E-state index contributed by atoms with van der Waals surface area (Å²) >= 11 is 5.03. The maximum Gasteiger partial charge on any atom is 0.274 e. The Morgan fingerprint density at radius 3 is 2.79 bits per heavy atom. The number of fused-ring (bicyclic) bond motifs is 1. The molecule has 0 aliphatic rings. The molecule has 96 valence electrons. The minimum atomic E-state index is -0.248. The third-order valence-corrected chi connectivity index (χ3v) is 3.11. The van der Waals surface area contributed by atoms with Gasteiger partial charge in [-0.3, -0.25) is 9.78 Å². The van der Waals surface area contributed by atoms with Crippen LogP contribution in [0, 0.1) is 11.7 Å². The number of nitrogens with zero attached hydrogens (tertiary/aromatic N) is 3. The summed E-state index contributed by atoms with van der Waals surface area (Å²) in [5, 5.41) is 10.7. The van der Waals surface area contributed by atoms with Gasteiger partial charge in [0.15, 0.2) is 0 Å². The number of aromatic amines is 2. The van der Waals surface area contributed by atoms with E-state index in [1.165, 1.54) is 10.1 Å². The van der Waals surface area contributed by atoms with Gasteiger partial charge in [0.05, 0.1) is 0 Å². The summed E-state index contributed by atoms with van der Waals surface area (Å²) in [4.78, 5) is 14.5. The summed E-state index contributed by atoms with van der Waals surface area (Å²) < 4.78 is 1.77. The van der Waals surface area contributed by atoms with Crippen LogP contribution >= 0.6 is 12.2 Å². The van der Waals surface area contributed by atoms with Crippen molar-refractivity contribution in [1.82, 2.24) is 24.8 Å². The molecule has 2 heterocycles. The van der Waals surface area contributed by atoms with Crippen molar-refractivity contribution in [3.8, 4) is 0 Å².